The highest BCUT2D eigenvalue weighted by atomic mass is 16.1. The number of aromatic nitrogens is 4. The molecule has 0 aromatic carbocycles. The second-order valence-corrected chi connectivity index (χ2v) is 2.46. The molecule has 3 rings (SSSR count). The molecular formula is C6H2N6O. The highest BCUT2D eigenvalue weighted by molar-refractivity contribution is 5.67. The largest absolute Gasteiger partial charge is 0.356 e. The van der Waals surface area contributed by atoms with Crippen LogP contribution < -0.4 is 11.0 Å². The molecule has 1 aliphatic rings. The fraction of sp³-hybridized carbons (Fsp3) is 0. The molecule has 62 valence electrons. The second-order valence-electron chi connectivity index (χ2n) is 2.46. The zero-order chi connectivity index (χ0) is 8.84. The van der Waals surface area contributed by atoms with Crippen molar-refractivity contribution in [2.24, 2.45) is 9.98 Å². The van der Waals surface area contributed by atoms with Gasteiger partial charge >= 0.3 is 5.69 Å². The van der Waals surface area contributed by atoms with Crippen LogP contribution in [-0.2, 0) is 0 Å². The van der Waals surface area contributed by atoms with Crippen molar-refractivity contribution in [1.29, 1.82) is 0 Å². The summed E-state index contributed by atoms with van der Waals surface area (Å²) in [6.07, 6.45) is 2.64. The summed E-state index contributed by atoms with van der Waals surface area (Å²) in [5.74, 6) is 0.311. The van der Waals surface area contributed by atoms with Gasteiger partial charge in [0.05, 0.1) is 0 Å². The lowest BCUT2D eigenvalue weighted by molar-refractivity contribution is 0.982. The van der Waals surface area contributed by atoms with E-state index >= 15 is 0 Å². The Bertz CT molecular complexity index is 626. The van der Waals surface area contributed by atoms with Crippen molar-refractivity contribution >= 4 is 17.8 Å². The molecule has 0 atom stereocenters. The molecule has 0 unspecified atom stereocenters. The van der Waals surface area contributed by atoms with Crippen molar-refractivity contribution in [3.8, 4) is 0 Å². The predicted octanol–water partition coefficient (Wildman–Crippen LogP) is -1.50. The monoisotopic (exact) mass is 174 g/mol. The van der Waals surface area contributed by atoms with E-state index in [4.69, 9.17) is 0 Å². The number of rotatable bonds is 0. The van der Waals surface area contributed by atoms with Gasteiger partial charge in [0, 0.05) is 0 Å². The SMILES string of the molecule is O=c1nc2c(c3nncn13)=NC=N2. The molecule has 13 heavy (non-hydrogen) atoms. The van der Waals surface area contributed by atoms with E-state index in [-0.39, 0.29) is 0 Å². The Morgan fingerprint density at radius 1 is 1.38 bits per heavy atom. The van der Waals surface area contributed by atoms with Crippen molar-refractivity contribution in [2.45, 2.75) is 0 Å². The normalized spacial score (nSPS) is 13.2. The van der Waals surface area contributed by atoms with E-state index in [0.717, 1.165) is 0 Å². The molecule has 0 fully saturated rings. The molecular weight excluding hydrogens is 172 g/mol. The Labute approximate surface area is 70.5 Å². The molecule has 3 heterocycles. The zero-order valence-corrected chi connectivity index (χ0v) is 6.25. The van der Waals surface area contributed by atoms with Crippen LogP contribution in [0.25, 0.3) is 5.65 Å². The van der Waals surface area contributed by atoms with Gasteiger partial charge in [-0.2, -0.15) is 4.98 Å². The molecule has 0 bridgehead atoms. The minimum Gasteiger partial charge on any atom is -0.245 e. The maximum atomic E-state index is 11.3. The zero-order valence-electron chi connectivity index (χ0n) is 6.25. The average molecular weight is 174 g/mol. The summed E-state index contributed by atoms with van der Waals surface area (Å²) in [7, 11) is 0. The number of fused-ring (bicyclic) bond motifs is 3. The van der Waals surface area contributed by atoms with Crippen LogP contribution >= 0.6 is 0 Å². The molecule has 0 saturated heterocycles. The third-order valence-electron chi connectivity index (χ3n) is 1.75. The first-order valence-electron chi connectivity index (χ1n) is 3.50. The number of aliphatic imine (C=N–C) groups is 1. The summed E-state index contributed by atoms with van der Waals surface area (Å²) in [4.78, 5) is 22.7. The number of nitrogens with zero attached hydrogens (tertiary/aromatic N) is 6. The van der Waals surface area contributed by atoms with E-state index in [0.29, 0.717) is 16.8 Å². The van der Waals surface area contributed by atoms with Crippen molar-refractivity contribution in [2.75, 3.05) is 0 Å². The lowest BCUT2D eigenvalue weighted by atomic mass is 10.5. The van der Waals surface area contributed by atoms with Crippen molar-refractivity contribution in [3.05, 3.63) is 22.2 Å². The van der Waals surface area contributed by atoms with Crippen LogP contribution in [0.1, 0.15) is 0 Å². The minimum absolute atomic E-state index is 0.311. The van der Waals surface area contributed by atoms with Gasteiger partial charge in [-0.05, 0) is 0 Å². The Morgan fingerprint density at radius 3 is 3.23 bits per heavy atom. The summed E-state index contributed by atoms with van der Waals surface area (Å²) < 4.78 is 1.23. The summed E-state index contributed by atoms with van der Waals surface area (Å²) in [6, 6.07) is 0. The van der Waals surface area contributed by atoms with Crippen molar-refractivity contribution in [1.82, 2.24) is 19.6 Å². The van der Waals surface area contributed by atoms with Gasteiger partial charge < -0.3 is 0 Å². The maximum absolute atomic E-state index is 11.3. The van der Waals surface area contributed by atoms with Crippen LogP contribution in [0.3, 0.4) is 0 Å². The highest BCUT2D eigenvalue weighted by Gasteiger charge is 2.11. The topological polar surface area (TPSA) is 84.9 Å². The summed E-state index contributed by atoms with van der Waals surface area (Å²) in [6.45, 7) is 0. The van der Waals surface area contributed by atoms with E-state index < -0.39 is 5.69 Å². The first-order valence-corrected chi connectivity index (χ1v) is 3.50. The Balaban J connectivity index is 2.73. The van der Waals surface area contributed by atoms with Gasteiger partial charge in [0.2, 0.25) is 0 Å². The van der Waals surface area contributed by atoms with E-state index in [1.807, 2.05) is 0 Å². The Morgan fingerprint density at radius 2 is 2.31 bits per heavy atom. The quantitative estimate of drug-likeness (QED) is 0.486. The molecule has 2 aromatic rings. The van der Waals surface area contributed by atoms with E-state index in [2.05, 4.69) is 25.2 Å². The fourth-order valence-electron chi connectivity index (χ4n) is 1.18. The third kappa shape index (κ3) is 0.675. The van der Waals surface area contributed by atoms with Crippen LogP contribution in [-0.4, -0.2) is 25.9 Å². The van der Waals surface area contributed by atoms with E-state index in [9.17, 15) is 4.79 Å². The van der Waals surface area contributed by atoms with E-state index in [1.165, 1.54) is 17.1 Å². The molecule has 7 heteroatoms. The molecule has 0 aliphatic carbocycles. The molecule has 0 spiro atoms. The predicted molar refractivity (Wildman–Crippen MR) is 42.0 cm³/mol. The molecule has 7 nitrogen and oxygen atoms in total. The van der Waals surface area contributed by atoms with Gasteiger partial charge in [0.15, 0.2) is 16.8 Å². The van der Waals surface area contributed by atoms with Crippen LogP contribution in [0.15, 0.2) is 21.1 Å². The lowest BCUT2D eigenvalue weighted by Crippen LogP contribution is -2.22. The van der Waals surface area contributed by atoms with Gasteiger partial charge in [-0.15, -0.1) is 10.2 Å². The fourth-order valence-corrected chi connectivity index (χ4v) is 1.18. The number of hydrogen-bond donors (Lipinski definition) is 0. The first kappa shape index (κ1) is 6.35. The Hall–Kier alpha value is -2.18. The molecule has 0 N–H and O–H groups in total. The van der Waals surface area contributed by atoms with Gasteiger partial charge in [-0.1, -0.05) is 0 Å². The van der Waals surface area contributed by atoms with E-state index in [1.54, 1.807) is 0 Å². The minimum atomic E-state index is -0.437. The van der Waals surface area contributed by atoms with Crippen LogP contribution in [0.5, 0.6) is 0 Å². The van der Waals surface area contributed by atoms with Crippen LogP contribution in [0.4, 0.5) is 5.82 Å². The summed E-state index contributed by atoms with van der Waals surface area (Å²) in [5.41, 5.74) is -0.0412. The molecule has 2 aromatic heterocycles. The van der Waals surface area contributed by atoms with Gasteiger partial charge in [-0.25, -0.2) is 19.2 Å². The third-order valence-corrected chi connectivity index (χ3v) is 1.75. The molecule has 0 radical (unpaired) electrons. The smallest absolute Gasteiger partial charge is 0.245 e. The first-order chi connectivity index (χ1) is 6.36. The molecule has 0 amide bonds. The molecule has 1 aliphatic heterocycles. The van der Waals surface area contributed by atoms with Crippen LogP contribution in [0, 0.1) is 0 Å². The van der Waals surface area contributed by atoms with Gasteiger partial charge in [0.1, 0.15) is 12.7 Å². The Kier molecular flexibility index (Phi) is 0.950. The lowest BCUT2D eigenvalue weighted by Gasteiger charge is -1.89. The van der Waals surface area contributed by atoms with Crippen molar-refractivity contribution in [3.63, 3.8) is 0 Å². The summed E-state index contributed by atoms with van der Waals surface area (Å²) in [5, 5.41) is 7.84. The summed E-state index contributed by atoms with van der Waals surface area (Å²) >= 11 is 0. The van der Waals surface area contributed by atoms with Gasteiger partial charge in [0.25, 0.3) is 0 Å². The van der Waals surface area contributed by atoms with Crippen LogP contribution in [0.2, 0.25) is 0 Å². The standard InChI is InChI=1S/C6H2N6O/c13-6-10-4-3(7-1-8-4)5-11-9-2-12(5)6/h1-2H. The van der Waals surface area contributed by atoms with Gasteiger partial charge in [-0.3, -0.25) is 0 Å². The average Bonchev–Trinajstić information content (AvgIpc) is 2.66. The second kappa shape index (κ2) is 1.94. The molecule has 0 saturated carbocycles. The maximum Gasteiger partial charge on any atom is 0.356 e. The van der Waals surface area contributed by atoms with Crippen molar-refractivity contribution < 1.29 is 0 Å². The number of hydrogen-bond acceptors (Lipinski definition) is 6. The highest BCUT2D eigenvalue weighted by Crippen LogP contribution is 2.01.